The van der Waals surface area contributed by atoms with Gasteiger partial charge in [0.15, 0.2) is 9.49 Å². The molecule has 0 aromatic heterocycles. The summed E-state index contributed by atoms with van der Waals surface area (Å²) in [4.78, 5) is 6.38. The van der Waals surface area contributed by atoms with E-state index in [-0.39, 0.29) is 21.8 Å². The van der Waals surface area contributed by atoms with Crippen LogP contribution in [0.15, 0.2) is 68.1 Å². The molecule has 2 bridgehead atoms. The first-order chi connectivity index (χ1) is 9.46. The second kappa shape index (κ2) is 3.86. The van der Waals surface area contributed by atoms with Crippen LogP contribution in [0.5, 0.6) is 0 Å². The van der Waals surface area contributed by atoms with E-state index in [0.717, 1.165) is 0 Å². The summed E-state index contributed by atoms with van der Waals surface area (Å²) in [7, 11) is 0.383. The lowest BCUT2D eigenvalue weighted by Crippen LogP contribution is -2.62. The Labute approximate surface area is 127 Å². The Morgan fingerprint density at radius 2 is 0.800 bits per heavy atom. The van der Waals surface area contributed by atoms with Crippen molar-refractivity contribution in [3.63, 3.8) is 0 Å². The third kappa shape index (κ3) is 1.32. The van der Waals surface area contributed by atoms with Gasteiger partial charge in [-0.15, -0.1) is 0 Å². The van der Waals surface area contributed by atoms with Crippen molar-refractivity contribution in [2.24, 2.45) is 0 Å². The van der Waals surface area contributed by atoms with E-state index in [1.807, 2.05) is 0 Å². The second-order valence-electron chi connectivity index (χ2n) is 6.53. The van der Waals surface area contributed by atoms with E-state index in [4.69, 9.17) is 0 Å². The molecule has 0 spiro atoms. The largest absolute Gasteiger partial charge is 0.216 e. The van der Waals surface area contributed by atoms with Gasteiger partial charge in [0.05, 0.1) is 21.8 Å². The predicted octanol–water partition coefficient (Wildman–Crippen LogP) is 4.64. The van der Waals surface area contributed by atoms with Gasteiger partial charge in [0.1, 0.15) is 0 Å². The molecule has 102 valence electrons. The van der Waals surface area contributed by atoms with Crippen LogP contribution >= 0.6 is 0 Å². The molecule has 0 nitrogen and oxygen atoms in total. The molecule has 0 atom stereocenters. The van der Waals surface area contributed by atoms with Gasteiger partial charge in [0, 0.05) is 0 Å². The fourth-order valence-corrected chi connectivity index (χ4v) is 10.5. The summed E-state index contributed by atoms with van der Waals surface area (Å²) in [6, 6.07) is 18.3. The molecule has 5 rings (SSSR count). The SMILES string of the molecule is CC1(C)[S+]2c3ccccc3[S+](c3ccccc32)C1(C)C. The van der Waals surface area contributed by atoms with Crippen molar-refractivity contribution in [1.29, 1.82) is 0 Å². The molecule has 0 N–H and O–H groups in total. The Bertz CT molecular complexity index is 593. The Morgan fingerprint density at radius 1 is 0.550 bits per heavy atom. The maximum atomic E-state index is 2.47. The minimum absolute atomic E-state index is 0.192. The van der Waals surface area contributed by atoms with Gasteiger partial charge in [-0.05, 0) is 52.0 Å². The van der Waals surface area contributed by atoms with Gasteiger partial charge in [-0.3, -0.25) is 0 Å². The summed E-state index contributed by atoms with van der Waals surface area (Å²) in [5.41, 5.74) is 0. The Balaban J connectivity index is 2.13. The first kappa shape index (κ1) is 12.8. The Morgan fingerprint density at radius 3 is 1.05 bits per heavy atom. The number of hydrogen-bond donors (Lipinski definition) is 0. The molecule has 0 radical (unpaired) electrons. The maximum Gasteiger partial charge on any atom is 0.216 e. The average molecular weight is 300 g/mol. The van der Waals surface area contributed by atoms with Gasteiger partial charge in [0.2, 0.25) is 19.6 Å². The van der Waals surface area contributed by atoms with Crippen molar-refractivity contribution in [2.75, 3.05) is 0 Å². The minimum atomic E-state index is 0.192. The molecule has 2 aromatic rings. The number of benzene rings is 2. The maximum absolute atomic E-state index is 2.47. The summed E-state index contributed by atoms with van der Waals surface area (Å²) in [6.07, 6.45) is 0. The fraction of sp³-hybridized carbons (Fsp3) is 0.333. The molecule has 0 fully saturated rings. The standard InChI is InChI=1S/C18H20S2/c1-17(2)18(3,4)20-15-11-7-5-9-13(15)19(17)14-10-6-8-12-16(14)20/h5-12H,1-4H3/q+2. The van der Waals surface area contributed by atoms with Crippen molar-refractivity contribution in [3.8, 4) is 0 Å². The van der Waals surface area contributed by atoms with Crippen LogP contribution in [0, 0.1) is 0 Å². The van der Waals surface area contributed by atoms with E-state index in [0.29, 0.717) is 9.49 Å². The van der Waals surface area contributed by atoms with E-state index in [9.17, 15) is 0 Å². The Kier molecular flexibility index (Phi) is 2.48. The minimum Gasteiger partial charge on any atom is -0.0569 e. The molecule has 20 heavy (non-hydrogen) atoms. The molecular formula is C18H20S2+2. The van der Waals surface area contributed by atoms with Crippen molar-refractivity contribution in [2.45, 2.75) is 56.8 Å². The summed E-state index contributed by atoms with van der Waals surface area (Å²) < 4.78 is 0.637. The number of rotatable bonds is 0. The van der Waals surface area contributed by atoms with Crippen molar-refractivity contribution in [3.05, 3.63) is 48.5 Å². The Hall–Kier alpha value is -0.860. The van der Waals surface area contributed by atoms with Crippen LogP contribution in [0.2, 0.25) is 0 Å². The monoisotopic (exact) mass is 300 g/mol. The molecule has 3 aliphatic heterocycles. The highest BCUT2D eigenvalue weighted by Gasteiger charge is 2.74. The summed E-state index contributed by atoms with van der Waals surface area (Å²) in [6.45, 7) is 9.90. The van der Waals surface area contributed by atoms with E-state index in [1.165, 1.54) is 0 Å². The molecule has 0 saturated heterocycles. The highest BCUT2D eigenvalue weighted by atomic mass is 32.2. The normalized spacial score (nSPS) is 27.8. The quantitative estimate of drug-likeness (QED) is 0.622. The van der Waals surface area contributed by atoms with Gasteiger partial charge >= 0.3 is 0 Å². The van der Waals surface area contributed by atoms with Crippen LogP contribution in [0.1, 0.15) is 27.7 Å². The zero-order chi connectivity index (χ0) is 14.1. The molecule has 3 aliphatic rings. The van der Waals surface area contributed by atoms with Crippen molar-refractivity contribution >= 4 is 21.8 Å². The first-order valence-corrected chi connectivity index (χ1v) is 9.58. The topological polar surface area (TPSA) is 0 Å². The molecule has 0 aliphatic carbocycles. The zero-order valence-corrected chi connectivity index (χ0v) is 14.1. The van der Waals surface area contributed by atoms with Gasteiger partial charge in [-0.1, -0.05) is 24.3 Å². The third-order valence-corrected chi connectivity index (χ3v) is 11.7. The van der Waals surface area contributed by atoms with E-state index in [1.54, 1.807) is 19.6 Å². The van der Waals surface area contributed by atoms with Gasteiger partial charge in [0.25, 0.3) is 0 Å². The average Bonchev–Trinajstić information content (AvgIpc) is 2.42. The molecule has 2 heteroatoms. The first-order valence-electron chi connectivity index (χ1n) is 7.13. The van der Waals surface area contributed by atoms with Crippen LogP contribution in [0.3, 0.4) is 0 Å². The lowest BCUT2D eigenvalue weighted by atomic mass is 9.98. The predicted molar refractivity (Wildman–Crippen MR) is 88.8 cm³/mol. The molecule has 0 unspecified atom stereocenters. The molecule has 0 amide bonds. The molecular weight excluding hydrogens is 280 g/mol. The van der Waals surface area contributed by atoms with Crippen molar-refractivity contribution in [1.82, 2.24) is 0 Å². The molecule has 0 saturated carbocycles. The lowest BCUT2D eigenvalue weighted by molar-refractivity contribution is 0.522. The second-order valence-corrected chi connectivity index (χ2v) is 11.6. The lowest BCUT2D eigenvalue weighted by Gasteiger charge is -2.45. The number of fused-ring (bicyclic) bond motifs is 1. The van der Waals surface area contributed by atoms with Crippen LogP contribution in [0.25, 0.3) is 0 Å². The van der Waals surface area contributed by atoms with Crippen LogP contribution in [-0.2, 0) is 21.8 Å². The zero-order valence-electron chi connectivity index (χ0n) is 12.4. The summed E-state index contributed by atoms with van der Waals surface area (Å²) in [5, 5.41) is 0. The van der Waals surface area contributed by atoms with E-state index in [2.05, 4.69) is 76.2 Å². The van der Waals surface area contributed by atoms with Gasteiger partial charge < -0.3 is 0 Å². The van der Waals surface area contributed by atoms with E-state index >= 15 is 0 Å². The fourth-order valence-electron chi connectivity index (χ4n) is 3.40. The highest BCUT2D eigenvalue weighted by Crippen LogP contribution is 2.61. The van der Waals surface area contributed by atoms with Gasteiger partial charge in [-0.2, -0.15) is 0 Å². The smallest absolute Gasteiger partial charge is 0.0569 e. The van der Waals surface area contributed by atoms with Crippen LogP contribution in [-0.4, -0.2) is 9.49 Å². The molecule has 2 aromatic carbocycles. The van der Waals surface area contributed by atoms with Crippen molar-refractivity contribution < 1.29 is 0 Å². The molecule has 3 heterocycles. The van der Waals surface area contributed by atoms with Crippen LogP contribution in [0.4, 0.5) is 0 Å². The van der Waals surface area contributed by atoms with Crippen LogP contribution < -0.4 is 0 Å². The van der Waals surface area contributed by atoms with Gasteiger partial charge in [-0.25, -0.2) is 0 Å². The summed E-state index contributed by atoms with van der Waals surface area (Å²) >= 11 is 0. The van der Waals surface area contributed by atoms with E-state index < -0.39 is 0 Å². The number of hydrogen-bond acceptors (Lipinski definition) is 0. The third-order valence-electron chi connectivity index (χ3n) is 5.05. The summed E-state index contributed by atoms with van der Waals surface area (Å²) in [5.74, 6) is 0. The highest BCUT2D eigenvalue weighted by molar-refractivity contribution is 8.07.